The van der Waals surface area contributed by atoms with Crippen molar-refractivity contribution in [3.8, 4) is 0 Å². The lowest BCUT2D eigenvalue weighted by atomic mass is 9.77. The lowest BCUT2D eigenvalue weighted by Crippen LogP contribution is -2.50. The van der Waals surface area contributed by atoms with Crippen LogP contribution >= 0.6 is 0 Å². The summed E-state index contributed by atoms with van der Waals surface area (Å²) in [6.07, 6.45) is 2.39. The van der Waals surface area contributed by atoms with Gasteiger partial charge in [0.05, 0.1) is 13.2 Å². The number of piperidine rings is 1. The van der Waals surface area contributed by atoms with Crippen molar-refractivity contribution < 1.29 is 9.13 Å². The number of halogens is 1. The fourth-order valence-electron chi connectivity index (χ4n) is 2.73. The van der Waals surface area contributed by atoms with E-state index in [2.05, 4.69) is 4.90 Å². The summed E-state index contributed by atoms with van der Waals surface area (Å²) in [7, 11) is 0. The number of benzene rings is 1. The summed E-state index contributed by atoms with van der Waals surface area (Å²) in [5.41, 5.74) is 1.28. The molecule has 2 nitrogen and oxygen atoms in total. The highest BCUT2D eigenvalue weighted by atomic mass is 19.1. The number of hydrogen-bond acceptors (Lipinski definition) is 2. The highest BCUT2D eigenvalue weighted by Gasteiger charge is 2.40. The molecular formula is C14H18FNO. The van der Waals surface area contributed by atoms with Crippen LogP contribution in [-0.2, 0) is 11.3 Å². The first kappa shape index (κ1) is 11.2. The molecule has 2 fully saturated rings. The molecule has 2 saturated heterocycles. The second-order valence-corrected chi connectivity index (χ2v) is 5.36. The first-order chi connectivity index (χ1) is 8.27. The average molecular weight is 235 g/mol. The Morgan fingerprint density at radius 1 is 1.18 bits per heavy atom. The molecule has 3 heteroatoms. The van der Waals surface area contributed by atoms with Gasteiger partial charge in [0, 0.05) is 17.5 Å². The van der Waals surface area contributed by atoms with Gasteiger partial charge in [-0.05, 0) is 32.0 Å². The maximum atomic E-state index is 13.5. The fourth-order valence-corrected chi connectivity index (χ4v) is 2.73. The zero-order valence-electron chi connectivity index (χ0n) is 9.99. The van der Waals surface area contributed by atoms with E-state index in [0.717, 1.165) is 38.4 Å². The SMILES string of the molecule is Fc1ccccc1CN1CCC2(CC1)COC2. The van der Waals surface area contributed by atoms with E-state index in [1.807, 2.05) is 12.1 Å². The van der Waals surface area contributed by atoms with Crippen molar-refractivity contribution in [2.75, 3.05) is 26.3 Å². The van der Waals surface area contributed by atoms with Crippen molar-refractivity contribution in [1.29, 1.82) is 0 Å². The molecule has 17 heavy (non-hydrogen) atoms. The van der Waals surface area contributed by atoms with Gasteiger partial charge in [-0.15, -0.1) is 0 Å². The van der Waals surface area contributed by atoms with Crippen LogP contribution in [0.15, 0.2) is 24.3 Å². The topological polar surface area (TPSA) is 12.5 Å². The van der Waals surface area contributed by atoms with Gasteiger partial charge in [0.25, 0.3) is 0 Å². The Morgan fingerprint density at radius 2 is 1.88 bits per heavy atom. The molecule has 0 atom stereocenters. The van der Waals surface area contributed by atoms with Crippen LogP contribution in [0.1, 0.15) is 18.4 Å². The molecule has 1 spiro atoms. The summed E-state index contributed by atoms with van der Waals surface area (Å²) in [6, 6.07) is 7.08. The fraction of sp³-hybridized carbons (Fsp3) is 0.571. The van der Waals surface area contributed by atoms with Crippen molar-refractivity contribution in [3.63, 3.8) is 0 Å². The van der Waals surface area contributed by atoms with E-state index in [1.165, 1.54) is 12.8 Å². The maximum absolute atomic E-state index is 13.5. The van der Waals surface area contributed by atoms with Gasteiger partial charge in [-0.3, -0.25) is 4.90 Å². The molecule has 1 aromatic rings. The van der Waals surface area contributed by atoms with Crippen molar-refractivity contribution >= 4 is 0 Å². The molecule has 2 aliphatic heterocycles. The minimum absolute atomic E-state index is 0.0836. The van der Waals surface area contributed by atoms with Crippen molar-refractivity contribution in [2.45, 2.75) is 19.4 Å². The zero-order valence-corrected chi connectivity index (χ0v) is 9.99. The Morgan fingerprint density at radius 3 is 2.47 bits per heavy atom. The zero-order chi connectivity index (χ0) is 11.7. The van der Waals surface area contributed by atoms with Crippen molar-refractivity contribution in [1.82, 2.24) is 4.90 Å². The number of rotatable bonds is 2. The second kappa shape index (κ2) is 4.39. The van der Waals surface area contributed by atoms with Gasteiger partial charge in [0.1, 0.15) is 5.82 Å². The molecule has 3 rings (SSSR count). The first-order valence-corrected chi connectivity index (χ1v) is 6.31. The summed E-state index contributed by atoms with van der Waals surface area (Å²) in [5.74, 6) is -0.0836. The van der Waals surface area contributed by atoms with Gasteiger partial charge in [0.15, 0.2) is 0 Å². The Hall–Kier alpha value is -0.930. The van der Waals surface area contributed by atoms with Crippen LogP contribution in [0.3, 0.4) is 0 Å². The standard InChI is InChI=1S/C14H18FNO/c15-13-4-2-1-3-12(13)9-16-7-5-14(6-8-16)10-17-11-14/h1-4H,5-11H2. The molecule has 1 aromatic carbocycles. The van der Waals surface area contributed by atoms with Gasteiger partial charge in [-0.1, -0.05) is 18.2 Å². The smallest absolute Gasteiger partial charge is 0.127 e. The molecule has 92 valence electrons. The van der Waals surface area contributed by atoms with Crippen LogP contribution in [0.25, 0.3) is 0 Å². The highest BCUT2D eigenvalue weighted by molar-refractivity contribution is 5.17. The minimum atomic E-state index is -0.0836. The van der Waals surface area contributed by atoms with E-state index in [-0.39, 0.29) is 5.82 Å². The Bertz CT molecular complexity index is 393. The molecule has 0 radical (unpaired) electrons. The van der Waals surface area contributed by atoms with E-state index in [0.29, 0.717) is 5.41 Å². The lowest BCUT2D eigenvalue weighted by Gasteiger charge is -2.47. The van der Waals surface area contributed by atoms with E-state index >= 15 is 0 Å². The van der Waals surface area contributed by atoms with E-state index in [4.69, 9.17) is 4.74 Å². The van der Waals surface area contributed by atoms with Crippen LogP contribution in [0.4, 0.5) is 4.39 Å². The van der Waals surface area contributed by atoms with Gasteiger partial charge >= 0.3 is 0 Å². The van der Waals surface area contributed by atoms with Gasteiger partial charge in [0.2, 0.25) is 0 Å². The Labute approximate surface area is 101 Å². The molecule has 2 aliphatic rings. The van der Waals surface area contributed by atoms with Crippen LogP contribution < -0.4 is 0 Å². The molecular weight excluding hydrogens is 217 g/mol. The van der Waals surface area contributed by atoms with Crippen molar-refractivity contribution in [2.24, 2.45) is 5.41 Å². The van der Waals surface area contributed by atoms with E-state index in [1.54, 1.807) is 12.1 Å². The molecule has 2 heterocycles. The minimum Gasteiger partial charge on any atom is -0.380 e. The van der Waals surface area contributed by atoms with Crippen LogP contribution in [0, 0.1) is 11.2 Å². The summed E-state index contributed by atoms with van der Waals surface area (Å²) in [5, 5.41) is 0. The second-order valence-electron chi connectivity index (χ2n) is 5.36. The van der Waals surface area contributed by atoms with E-state index < -0.39 is 0 Å². The third-order valence-electron chi connectivity index (χ3n) is 4.09. The molecule has 0 amide bonds. The van der Waals surface area contributed by atoms with Crippen LogP contribution in [-0.4, -0.2) is 31.2 Å². The molecule has 0 unspecified atom stereocenters. The first-order valence-electron chi connectivity index (χ1n) is 6.31. The van der Waals surface area contributed by atoms with Gasteiger partial charge in [-0.25, -0.2) is 4.39 Å². The highest BCUT2D eigenvalue weighted by Crippen LogP contribution is 2.38. The molecule has 0 aromatic heterocycles. The van der Waals surface area contributed by atoms with Gasteiger partial charge in [-0.2, -0.15) is 0 Å². The molecule has 0 bridgehead atoms. The van der Waals surface area contributed by atoms with Crippen LogP contribution in [0.5, 0.6) is 0 Å². The number of ether oxygens (including phenoxy) is 1. The summed E-state index contributed by atoms with van der Waals surface area (Å²) < 4.78 is 18.8. The molecule has 0 saturated carbocycles. The summed E-state index contributed by atoms with van der Waals surface area (Å²) in [4.78, 5) is 2.35. The number of hydrogen-bond donors (Lipinski definition) is 0. The van der Waals surface area contributed by atoms with Crippen LogP contribution in [0.2, 0.25) is 0 Å². The third kappa shape index (κ3) is 2.22. The Balaban J connectivity index is 1.59. The lowest BCUT2D eigenvalue weighted by molar-refractivity contribution is -0.140. The average Bonchev–Trinajstić information content (AvgIpc) is 2.31. The third-order valence-corrected chi connectivity index (χ3v) is 4.09. The monoisotopic (exact) mass is 235 g/mol. The predicted octanol–water partition coefficient (Wildman–Crippen LogP) is 2.44. The van der Waals surface area contributed by atoms with Gasteiger partial charge < -0.3 is 4.74 Å². The van der Waals surface area contributed by atoms with Crippen molar-refractivity contribution in [3.05, 3.63) is 35.6 Å². The predicted molar refractivity (Wildman–Crippen MR) is 64.2 cm³/mol. The summed E-state index contributed by atoms with van der Waals surface area (Å²) in [6.45, 7) is 4.74. The summed E-state index contributed by atoms with van der Waals surface area (Å²) >= 11 is 0. The largest absolute Gasteiger partial charge is 0.380 e. The number of likely N-dealkylation sites (tertiary alicyclic amines) is 1. The van der Waals surface area contributed by atoms with E-state index in [9.17, 15) is 4.39 Å². The quantitative estimate of drug-likeness (QED) is 0.780. The Kier molecular flexibility index (Phi) is 2.89. The number of nitrogens with zero attached hydrogens (tertiary/aromatic N) is 1. The normalized spacial score (nSPS) is 23.6. The maximum Gasteiger partial charge on any atom is 0.127 e. The molecule has 0 N–H and O–H groups in total. The molecule has 0 aliphatic carbocycles.